The molecular weight excluding hydrogens is 364 g/mol. The van der Waals surface area contributed by atoms with Gasteiger partial charge in [0.1, 0.15) is 5.65 Å². The van der Waals surface area contributed by atoms with Gasteiger partial charge in [-0.05, 0) is 30.5 Å². The number of H-pyrrole nitrogens is 1. The van der Waals surface area contributed by atoms with Crippen molar-refractivity contribution in [2.45, 2.75) is 30.7 Å². The molecule has 8 nitrogen and oxygen atoms in total. The summed E-state index contributed by atoms with van der Waals surface area (Å²) in [6, 6.07) is 6.25. The summed E-state index contributed by atoms with van der Waals surface area (Å²) in [7, 11) is -3.20. The number of sulfonamides is 1. The van der Waals surface area contributed by atoms with Crippen molar-refractivity contribution in [3.8, 4) is 6.07 Å². The van der Waals surface area contributed by atoms with E-state index in [1.165, 1.54) is 10.6 Å². The van der Waals surface area contributed by atoms with Crippen molar-refractivity contribution in [1.82, 2.24) is 19.3 Å². The molecule has 2 aliphatic heterocycles. The van der Waals surface area contributed by atoms with Gasteiger partial charge in [0.25, 0.3) is 0 Å². The molecule has 1 saturated heterocycles. The Bertz CT molecular complexity index is 1010. The van der Waals surface area contributed by atoms with Crippen LogP contribution in [0, 0.1) is 11.3 Å². The van der Waals surface area contributed by atoms with Gasteiger partial charge < -0.3 is 4.98 Å². The molecule has 1 unspecified atom stereocenters. The summed E-state index contributed by atoms with van der Waals surface area (Å²) in [6.07, 6.45) is 8.44. The summed E-state index contributed by atoms with van der Waals surface area (Å²) in [5.41, 5.74) is 1.59. The van der Waals surface area contributed by atoms with Crippen LogP contribution in [0.15, 0.2) is 29.6 Å². The Morgan fingerprint density at radius 3 is 2.89 bits per heavy atom. The van der Waals surface area contributed by atoms with Crippen molar-refractivity contribution in [3.05, 3.63) is 30.1 Å². The second-order valence-corrected chi connectivity index (χ2v) is 9.30. The van der Waals surface area contributed by atoms with E-state index in [2.05, 4.69) is 21.1 Å². The molecule has 142 valence electrons. The predicted molar refractivity (Wildman–Crippen MR) is 103 cm³/mol. The van der Waals surface area contributed by atoms with Gasteiger partial charge in [-0.1, -0.05) is 0 Å². The number of piperidine rings is 1. The van der Waals surface area contributed by atoms with Gasteiger partial charge in [-0.2, -0.15) is 10.4 Å². The Labute approximate surface area is 158 Å². The molecule has 27 heavy (non-hydrogen) atoms. The van der Waals surface area contributed by atoms with E-state index in [-0.39, 0.29) is 5.92 Å². The number of fused-ring (bicyclic) bond motifs is 1. The third kappa shape index (κ3) is 3.19. The molecule has 1 fully saturated rings. The maximum Gasteiger partial charge on any atom is 0.211 e. The standard InChI is InChI=1S/C18H22N6O2S/c1-27(25,26)23-9-5-18(4-7-19,6-10-23)24-13-14(11-22-24)16-12-21-17-15(16)3-2-8-20-17/h2-3,8,11-12,14H,4-6,9-10,13H2,1H3,(H,20,21). The number of pyridine rings is 1. The zero-order valence-electron chi connectivity index (χ0n) is 15.2. The van der Waals surface area contributed by atoms with Crippen LogP contribution in [-0.4, -0.2) is 65.3 Å². The Morgan fingerprint density at radius 1 is 1.41 bits per heavy atom. The van der Waals surface area contributed by atoms with Gasteiger partial charge in [0.15, 0.2) is 0 Å². The second kappa shape index (κ2) is 6.62. The number of hydrogen-bond donors (Lipinski definition) is 1. The fraction of sp³-hybridized carbons (Fsp3) is 0.500. The van der Waals surface area contributed by atoms with Crippen LogP contribution in [0.3, 0.4) is 0 Å². The molecule has 2 aromatic rings. The van der Waals surface area contributed by atoms with E-state index in [0.29, 0.717) is 38.9 Å². The predicted octanol–water partition coefficient (Wildman–Crippen LogP) is 1.66. The van der Waals surface area contributed by atoms with Gasteiger partial charge in [0.2, 0.25) is 10.0 Å². The quantitative estimate of drug-likeness (QED) is 0.860. The van der Waals surface area contributed by atoms with E-state index < -0.39 is 15.6 Å². The molecule has 4 rings (SSSR count). The van der Waals surface area contributed by atoms with Crippen LogP contribution in [0.2, 0.25) is 0 Å². The molecule has 2 aromatic heterocycles. The van der Waals surface area contributed by atoms with Crippen molar-refractivity contribution < 1.29 is 8.42 Å². The molecule has 0 radical (unpaired) electrons. The van der Waals surface area contributed by atoms with Crippen LogP contribution in [0.4, 0.5) is 0 Å². The Kier molecular flexibility index (Phi) is 4.40. The molecule has 4 heterocycles. The molecular formula is C18H22N6O2S. The Morgan fingerprint density at radius 2 is 2.19 bits per heavy atom. The first kappa shape index (κ1) is 17.9. The van der Waals surface area contributed by atoms with Crippen LogP contribution >= 0.6 is 0 Å². The first-order valence-electron chi connectivity index (χ1n) is 8.99. The van der Waals surface area contributed by atoms with Gasteiger partial charge in [-0.25, -0.2) is 17.7 Å². The van der Waals surface area contributed by atoms with Gasteiger partial charge in [0.05, 0.1) is 24.3 Å². The number of nitrogens with zero attached hydrogens (tertiary/aromatic N) is 5. The molecule has 0 spiro atoms. The average Bonchev–Trinajstić information content (AvgIpc) is 3.29. The number of hydrazone groups is 1. The minimum atomic E-state index is -3.20. The lowest BCUT2D eigenvalue weighted by Crippen LogP contribution is -2.54. The zero-order chi connectivity index (χ0) is 19.1. The maximum atomic E-state index is 11.8. The summed E-state index contributed by atoms with van der Waals surface area (Å²) in [4.78, 5) is 7.54. The number of nitrogens with one attached hydrogen (secondary N) is 1. The molecule has 0 aliphatic carbocycles. The number of aromatic amines is 1. The lowest BCUT2D eigenvalue weighted by molar-refractivity contribution is 0.0529. The number of aromatic nitrogens is 2. The molecule has 1 atom stereocenters. The highest BCUT2D eigenvalue weighted by molar-refractivity contribution is 7.88. The molecule has 0 saturated carbocycles. The fourth-order valence-corrected chi connectivity index (χ4v) is 4.97. The van der Waals surface area contributed by atoms with Gasteiger partial charge in [0, 0.05) is 49.5 Å². The van der Waals surface area contributed by atoms with Gasteiger partial charge >= 0.3 is 0 Å². The molecule has 2 aliphatic rings. The highest BCUT2D eigenvalue weighted by atomic mass is 32.2. The van der Waals surface area contributed by atoms with Crippen LogP contribution in [0.5, 0.6) is 0 Å². The topological polar surface area (TPSA) is 105 Å². The molecule has 0 aromatic carbocycles. The summed E-state index contributed by atoms with van der Waals surface area (Å²) >= 11 is 0. The van der Waals surface area contributed by atoms with E-state index in [1.54, 1.807) is 6.20 Å². The minimum Gasteiger partial charge on any atom is -0.346 e. The molecule has 9 heteroatoms. The summed E-state index contributed by atoms with van der Waals surface area (Å²) in [5, 5.41) is 17.1. The molecule has 0 amide bonds. The van der Waals surface area contributed by atoms with E-state index in [1.807, 2.05) is 29.6 Å². The van der Waals surface area contributed by atoms with Gasteiger partial charge in [-0.3, -0.25) is 5.01 Å². The normalized spacial score (nSPS) is 23.0. The first-order valence-corrected chi connectivity index (χ1v) is 10.8. The highest BCUT2D eigenvalue weighted by Gasteiger charge is 2.43. The van der Waals surface area contributed by atoms with Crippen LogP contribution < -0.4 is 0 Å². The molecule has 1 N–H and O–H groups in total. The number of rotatable bonds is 4. The fourth-order valence-electron chi connectivity index (χ4n) is 4.13. The highest BCUT2D eigenvalue weighted by Crippen LogP contribution is 2.37. The summed E-state index contributed by atoms with van der Waals surface area (Å²) < 4.78 is 25.1. The third-order valence-corrected chi connectivity index (χ3v) is 7.02. The maximum absolute atomic E-state index is 11.8. The third-order valence-electron chi connectivity index (χ3n) is 5.72. The SMILES string of the molecule is CS(=O)(=O)N1CCC(CC#N)(N2CC(c3c[nH]c4ncccc34)C=N2)CC1. The van der Waals surface area contributed by atoms with E-state index in [0.717, 1.165) is 16.6 Å². The zero-order valence-corrected chi connectivity index (χ0v) is 16.0. The van der Waals surface area contributed by atoms with Crippen LogP contribution in [-0.2, 0) is 10.0 Å². The first-order chi connectivity index (χ1) is 12.9. The summed E-state index contributed by atoms with van der Waals surface area (Å²) in [5.74, 6) is 0.117. The average molecular weight is 386 g/mol. The van der Waals surface area contributed by atoms with Crippen molar-refractivity contribution in [1.29, 1.82) is 5.26 Å². The smallest absolute Gasteiger partial charge is 0.211 e. The van der Waals surface area contributed by atoms with Gasteiger partial charge in [-0.15, -0.1) is 0 Å². The van der Waals surface area contributed by atoms with Crippen molar-refractivity contribution in [2.75, 3.05) is 25.9 Å². The van der Waals surface area contributed by atoms with E-state index >= 15 is 0 Å². The van der Waals surface area contributed by atoms with E-state index in [4.69, 9.17) is 0 Å². The number of hydrogen-bond acceptors (Lipinski definition) is 6. The Hall–Kier alpha value is -2.44. The monoisotopic (exact) mass is 386 g/mol. The van der Waals surface area contributed by atoms with Crippen molar-refractivity contribution in [2.24, 2.45) is 5.10 Å². The number of nitriles is 1. The lowest BCUT2D eigenvalue weighted by Gasteiger charge is -2.44. The Balaban J connectivity index is 1.55. The minimum absolute atomic E-state index is 0.117. The largest absolute Gasteiger partial charge is 0.346 e. The van der Waals surface area contributed by atoms with Crippen LogP contribution in [0.1, 0.15) is 30.7 Å². The second-order valence-electron chi connectivity index (χ2n) is 7.32. The lowest BCUT2D eigenvalue weighted by atomic mass is 9.84. The summed E-state index contributed by atoms with van der Waals surface area (Å²) in [6.45, 7) is 1.53. The van der Waals surface area contributed by atoms with Crippen molar-refractivity contribution in [3.63, 3.8) is 0 Å². The van der Waals surface area contributed by atoms with Crippen molar-refractivity contribution >= 4 is 27.3 Å². The van der Waals surface area contributed by atoms with Crippen LogP contribution in [0.25, 0.3) is 11.0 Å². The van der Waals surface area contributed by atoms with E-state index in [9.17, 15) is 13.7 Å². The molecule has 0 bridgehead atoms.